The van der Waals surface area contributed by atoms with Gasteiger partial charge in [0, 0.05) is 47.3 Å². The first kappa shape index (κ1) is 27.9. The van der Waals surface area contributed by atoms with E-state index in [0.29, 0.717) is 32.0 Å². The van der Waals surface area contributed by atoms with E-state index in [9.17, 15) is 9.90 Å². The topological polar surface area (TPSA) is 92.5 Å². The van der Waals surface area contributed by atoms with Crippen LogP contribution in [0.15, 0.2) is 30.5 Å². The predicted molar refractivity (Wildman–Crippen MR) is 157 cm³/mol. The number of aromatic nitrogens is 3. The molecule has 1 saturated carbocycles. The van der Waals surface area contributed by atoms with Crippen LogP contribution in [-0.2, 0) is 17.6 Å². The van der Waals surface area contributed by atoms with Gasteiger partial charge in [-0.25, -0.2) is 9.37 Å². The summed E-state index contributed by atoms with van der Waals surface area (Å²) in [6.07, 6.45) is 11.1. The van der Waals surface area contributed by atoms with Crippen LogP contribution < -0.4 is 10.1 Å². The molecule has 0 radical (unpaired) electrons. The number of nitrogens with zero attached hydrogens (tertiary/aromatic N) is 4. The summed E-state index contributed by atoms with van der Waals surface area (Å²) in [5, 5.41) is 19.4. The summed E-state index contributed by atoms with van der Waals surface area (Å²) in [7, 11) is 1.70. The number of alkyl halides is 1. The summed E-state index contributed by atoms with van der Waals surface area (Å²) in [6.45, 7) is 1.97. The molecule has 4 heterocycles. The molecule has 2 aromatic heterocycles. The van der Waals surface area contributed by atoms with E-state index in [1.54, 1.807) is 7.11 Å². The summed E-state index contributed by atoms with van der Waals surface area (Å²) in [6, 6.07) is 7.40. The van der Waals surface area contributed by atoms with E-state index in [-0.39, 0.29) is 5.92 Å². The highest BCUT2D eigenvalue weighted by Crippen LogP contribution is 2.38. The summed E-state index contributed by atoms with van der Waals surface area (Å²) in [5.74, 6) is 0.786. The number of fused-ring (bicyclic) bond motifs is 2. The Bertz CT molecular complexity index is 1350. The Labute approximate surface area is 241 Å². The number of carboxylic acid groups (broad SMARTS) is 1. The van der Waals surface area contributed by atoms with Crippen molar-refractivity contribution >= 4 is 22.7 Å². The van der Waals surface area contributed by atoms with Crippen molar-refractivity contribution in [2.75, 3.05) is 32.1 Å². The Hall–Kier alpha value is -3.20. The van der Waals surface area contributed by atoms with E-state index in [0.717, 1.165) is 90.8 Å². The van der Waals surface area contributed by atoms with Crippen LogP contribution in [-0.4, -0.2) is 63.7 Å². The fourth-order valence-corrected chi connectivity index (χ4v) is 7.26. The Morgan fingerprint density at radius 1 is 1.22 bits per heavy atom. The van der Waals surface area contributed by atoms with Crippen LogP contribution in [0, 0.1) is 5.92 Å². The molecular weight excluding hydrogens is 521 g/mol. The second-order valence-corrected chi connectivity index (χ2v) is 12.0. The average molecular weight is 564 g/mol. The summed E-state index contributed by atoms with van der Waals surface area (Å²) in [5.41, 5.74) is 3.83. The van der Waals surface area contributed by atoms with Gasteiger partial charge in [-0.3, -0.25) is 14.4 Å². The van der Waals surface area contributed by atoms with Crippen LogP contribution in [0.3, 0.4) is 0 Å². The molecule has 0 unspecified atom stereocenters. The van der Waals surface area contributed by atoms with Crippen molar-refractivity contribution in [1.82, 2.24) is 19.7 Å². The van der Waals surface area contributed by atoms with Gasteiger partial charge in [0.1, 0.15) is 23.8 Å². The van der Waals surface area contributed by atoms with Gasteiger partial charge >= 0.3 is 5.97 Å². The lowest BCUT2D eigenvalue weighted by molar-refractivity contribution is -0.143. The van der Waals surface area contributed by atoms with E-state index in [2.05, 4.69) is 15.1 Å². The standard InChI is InChI=1S/C32H42FN5O3/c1-41-28-18-23(36-31-25(28)13-7-16-34-31)9-2-5-14-27(33)22-15-17-37(20-22)30(32(39)40)26-12-6-8-21-19-35-38(29(21)26)24-10-3-4-11-24/h6,8,12,18-19,22,24,27,30H,2-5,7,9-11,13-17,20H2,1H3,(H,34,36)(H,39,40)/t22-,27-,30+/m1/s1. The average Bonchev–Trinajstić information content (AvgIpc) is 3.76. The first-order valence-corrected chi connectivity index (χ1v) is 15.4. The SMILES string of the molecule is COc1cc(CCCC[C@@H](F)[C@@H]2CCN([C@H](C(=O)O)c3cccc4cnn(C5CCCC5)c34)C2)nc2c1CCCN2. The maximum Gasteiger partial charge on any atom is 0.325 e. The molecule has 0 spiro atoms. The third-order valence-electron chi connectivity index (χ3n) is 9.40. The number of carboxylic acids is 1. The number of pyridine rings is 1. The van der Waals surface area contributed by atoms with Crippen molar-refractivity contribution in [2.24, 2.45) is 5.92 Å². The summed E-state index contributed by atoms with van der Waals surface area (Å²) in [4.78, 5) is 19.4. The van der Waals surface area contributed by atoms with Crippen molar-refractivity contribution in [1.29, 1.82) is 0 Å². The molecule has 3 atom stereocenters. The highest BCUT2D eigenvalue weighted by Gasteiger charge is 2.38. The number of likely N-dealkylation sites (tertiary alicyclic amines) is 1. The normalized spacial score (nSPS) is 21.1. The minimum absolute atomic E-state index is 0.151. The fraction of sp³-hybridized carbons (Fsp3) is 0.594. The molecule has 220 valence electrons. The Morgan fingerprint density at radius 2 is 2.07 bits per heavy atom. The largest absolute Gasteiger partial charge is 0.496 e. The molecule has 1 saturated heterocycles. The number of anilines is 1. The van der Waals surface area contributed by atoms with Crippen molar-refractivity contribution in [3.8, 4) is 5.75 Å². The lowest BCUT2D eigenvalue weighted by atomic mass is 9.97. The first-order valence-electron chi connectivity index (χ1n) is 15.4. The summed E-state index contributed by atoms with van der Waals surface area (Å²) < 4.78 is 23.1. The zero-order valence-electron chi connectivity index (χ0n) is 24.0. The van der Waals surface area contributed by atoms with Crippen LogP contribution in [0.4, 0.5) is 10.2 Å². The third kappa shape index (κ3) is 5.78. The van der Waals surface area contributed by atoms with Crippen molar-refractivity contribution in [3.63, 3.8) is 0 Å². The zero-order valence-corrected chi connectivity index (χ0v) is 24.0. The molecule has 8 nitrogen and oxygen atoms in total. The Morgan fingerprint density at radius 3 is 2.88 bits per heavy atom. The van der Waals surface area contributed by atoms with Gasteiger partial charge in [-0.05, 0) is 57.9 Å². The van der Waals surface area contributed by atoms with Gasteiger partial charge in [-0.15, -0.1) is 0 Å². The van der Waals surface area contributed by atoms with Gasteiger partial charge in [0.15, 0.2) is 0 Å². The maximum atomic E-state index is 15.5. The monoisotopic (exact) mass is 563 g/mol. The quantitative estimate of drug-likeness (QED) is 0.272. The maximum absolute atomic E-state index is 15.5. The minimum Gasteiger partial charge on any atom is -0.496 e. The van der Waals surface area contributed by atoms with Gasteiger partial charge in [-0.1, -0.05) is 37.5 Å². The first-order chi connectivity index (χ1) is 20.0. The molecule has 1 aliphatic carbocycles. The van der Waals surface area contributed by atoms with Crippen molar-refractivity contribution in [2.45, 2.75) is 88.9 Å². The van der Waals surface area contributed by atoms with Crippen LogP contribution in [0.25, 0.3) is 10.9 Å². The molecule has 3 aromatic rings. The van der Waals surface area contributed by atoms with E-state index in [1.807, 2.05) is 35.4 Å². The molecule has 0 bridgehead atoms. The molecule has 0 amide bonds. The number of methoxy groups -OCH3 is 1. The molecular formula is C32H42FN5O3. The number of hydrogen-bond acceptors (Lipinski definition) is 6. The molecule has 41 heavy (non-hydrogen) atoms. The molecule has 2 N–H and O–H groups in total. The van der Waals surface area contributed by atoms with E-state index < -0.39 is 18.2 Å². The molecule has 3 aliphatic rings. The number of hydrogen-bond donors (Lipinski definition) is 2. The predicted octanol–water partition coefficient (Wildman–Crippen LogP) is 6.11. The molecule has 6 rings (SSSR count). The third-order valence-corrected chi connectivity index (χ3v) is 9.40. The minimum atomic E-state index is -0.943. The van der Waals surface area contributed by atoms with Gasteiger partial charge in [-0.2, -0.15) is 5.10 Å². The molecule has 2 fully saturated rings. The smallest absolute Gasteiger partial charge is 0.325 e. The highest BCUT2D eigenvalue weighted by molar-refractivity contribution is 5.88. The second-order valence-electron chi connectivity index (χ2n) is 12.0. The van der Waals surface area contributed by atoms with Gasteiger partial charge in [0.05, 0.1) is 24.9 Å². The van der Waals surface area contributed by atoms with E-state index in [1.165, 1.54) is 12.8 Å². The lowest BCUT2D eigenvalue weighted by Gasteiger charge is -2.26. The number of ether oxygens (including phenoxy) is 1. The van der Waals surface area contributed by atoms with Crippen molar-refractivity contribution < 1.29 is 19.0 Å². The van der Waals surface area contributed by atoms with Gasteiger partial charge in [0.2, 0.25) is 0 Å². The number of unbranched alkanes of at least 4 members (excludes halogenated alkanes) is 1. The Balaban J connectivity index is 1.07. The van der Waals surface area contributed by atoms with Crippen LogP contribution in [0.1, 0.15) is 86.7 Å². The van der Waals surface area contributed by atoms with E-state index >= 15 is 4.39 Å². The van der Waals surface area contributed by atoms with Gasteiger partial charge in [0.25, 0.3) is 0 Å². The molecule has 9 heteroatoms. The van der Waals surface area contributed by atoms with Gasteiger partial charge < -0.3 is 15.2 Å². The van der Waals surface area contributed by atoms with Crippen LogP contribution in [0.5, 0.6) is 5.75 Å². The molecule has 1 aromatic carbocycles. The fourth-order valence-electron chi connectivity index (χ4n) is 7.26. The van der Waals surface area contributed by atoms with Crippen LogP contribution in [0.2, 0.25) is 0 Å². The van der Waals surface area contributed by atoms with Crippen molar-refractivity contribution in [3.05, 3.63) is 47.3 Å². The van der Waals surface area contributed by atoms with Crippen LogP contribution >= 0.6 is 0 Å². The zero-order chi connectivity index (χ0) is 28.3. The Kier molecular flexibility index (Phi) is 8.42. The number of rotatable bonds is 11. The highest BCUT2D eigenvalue weighted by atomic mass is 19.1. The van der Waals surface area contributed by atoms with E-state index in [4.69, 9.17) is 9.72 Å². The number of halogens is 1. The molecule has 2 aliphatic heterocycles. The number of aliphatic carboxylic acids is 1. The number of nitrogens with one attached hydrogen (secondary N) is 1. The summed E-state index contributed by atoms with van der Waals surface area (Å²) >= 11 is 0. The number of aryl methyl sites for hydroxylation is 1. The number of benzene rings is 1. The number of carbonyl (C=O) groups is 1. The number of para-hydroxylation sites is 1. The lowest BCUT2D eigenvalue weighted by Crippen LogP contribution is -2.34. The second kappa shape index (κ2) is 12.3.